The van der Waals surface area contributed by atoms with Crippen molar-refractivity contribution in [3.05, 3.63) is 84.6 Å². The molecule has 0 spiro atoms. The van der Waals surface area contributed by atoms with Crippen molar-refractivity contribution in [3.8, 4) is 10.6 Å². The van der Waals surface area contributed by atoms with Gasteiger partial charge in [-0.1, -0.05) is 42.5 Å². The Hall–Kier alpha value is -3.44. The van der Waals surface area contributed by atoms with Crippen LogP contribution in [0.25, 0.3) is 31.7 Å². The Bertz CT molecular complexity index is 1270. The molecule has 0 atom stereocenters. The molecule has 0 unspecified atom stereocenters. The van der Waals surface area contributed by atoms with E-state index in [-0.39, 0.29) is 5.91 Å². The van der Waals surface area contributed by atoms with Gasteiger partial charge in [-0.05, 0) is 35.9 Å². The Morgan fingerprint density at radius 3 is 2.68 bits per heavy atom. The Balaban J connectivity index is 1.43. The molecule has 28 heavy (non-hydrogen) atoms. The van der Waals surface area contributed by atoms with Crippen LogP contribution in [0.1, 0.15) is 5.56 Å². The average Bonchev–Trinajstić information content (AvgIpc) is 3.33. The van der Waals surface area contributed by atoms with Gasteiger partial charge in [0.25, 0.3) is 0 Å². The van der Waals surface area contributed by atoms with Crippen LogP contribution in [0, 0.1) is 0 Å². The summed E-state index contributed by atoms with van der Waals surface area (Å²) in [6, 6.07) is 23.9. The van der Waals surface area contributed by atoms with Crippen molar-refractivity contribution in [1.29, 1.82) is 0 Å². The molecule has 5 aromatic rings. The number of aromatic nitrogens is 2. The van der Waals surface area contributed by atoms with Crippen molar-refractivity contribution < 1.29 is 4.79 Å². The van der Waals surface area contributed by atoms with E-state index >= 15 is 0 Å². The monoisotopic (exact) mass is 383 g/mol. The van der Waals surface area contributed by atoms with Crippen LogP contribution in [-0.2, 0) is 11.2 Å². The van der Waals surface area contributed by atoms with Crippen LogP contribution < -0.4 is 5.32 Å². The predicted molar refractivity (Wildman–Crippen MR) is 116 cm³/mol. The highest BCUT2D eigenvalue weighted by molar-refractivity contribution is 7.21. The third-order valence-electron chi connectivity index (χ3n) is 4.75. The van der Waals surface area contributed by atoms with Crippen LogP contribution in [0.4, 0.5) is 5.69 Å². The summed E-state index contributed by atoms with van der Waals surface area (Å²) < 4.78 is 1.14. The van der Waals surface area contributed by atoms with Crippen molar-refractivity contribution in [3.63, 3.8) is 0 Å². The number of carbonyl (C=O) groups is 1. The minimum Gasteiger partial charge on any atom is -0.361 e. The van der Waals surface area contributed by atoms with Gasteiger partial charge in [-0.15, -0.1) is 11.3 Å². The van der Waals surface area contributed by atoms with Crippen molar-refractivity contribution in [2.24, 2.45) is 0 Å². The Morgan fingerprint density at radius 2 is 1.75 bits per heavy atom. The number of anilines is 1. The van der Waals surface area contributed by atoms with E-state index in [9.17, 15) is 4.79 Å². The first kappa shape index (κ1) is 16.7. The van der Waals surface area contributed by atoms with Gasteiger partial charge in [0.05, 0.1) is 22.3 Å². The summed E-state index contributed by atoms with van der Waals surface area (Å²) in [5.74, 6) is -0.0432. The molecule has 0 bridgehead atoms. The number of nitrogens with one attached hydrogen (secondary N) is 2. The smallest absolute Gasteiger partial charge is 0.228 e. The van der Waals surface area contributed by atoms with Crippen LogP contribution in [0.2, 0.25) is 0 Å². The largest absolute Gasteiger partial charge is 0.361 e. The minimum absolute atomic E-state index is 0.0432. The topological polar surface area (TPSA) is 57.8 Å². The van der Waals surface area contributed by atoms with Crippen molar-refractivity contribution in [1.82, 2.24) is 9.97 Å². The first-order valence-electron chi connectivity index (χ1n) is 9.08. The van der Waals surface area contributed by atoms with Crippen molar-refractivity contribution >= 4 is 44.1 Å². The lowest BCUT2D eigenvalue weighted by atomic mass is 10.1. The molecule has 0 aliphatic carbocycles. The highest BCUT2D eigenvalue weighted by atomic mass is 32.1. The van der Waals surface area contributed by atoms with Gasteiger partial charge in [-0.3, -0.25) is 4.79 Å². The molecular weight excluding hydrogens is 366 g/mol. The number of nitrogens with zero attached hydrogens (tertiary/aromatic N) is 1. The summed E-state index contributed by atoms with van der Waals surface area (Å²) in [5.41, 5.74) is 4.73. The Kier molecular flexibility index (Phi) is 4.14. The number of hydrogen-bond donors (Lipinski definition) is 2. The molecule has 0 aliphatic heterocycles. The molecule has 2 aromatic heterocycles. The molecular formula is C23H17N3OS. The van der Waals surface area contributed by atoms with E-state index in [2.05, 4.69) is 16.4 Å². The van der Waals surface area contributed by atoms with Crippen molar-refractivity contribution in [2.45, 2.75) is 6.42 Å². The maximum absolute atomic E-state index is 12.7. The predicted octanol–water partition coefficient (Wildman–Crippen LogP) is 5.63. The molecule has 2 N–H and O–H groups in total. The van der Waals surface area contributed by atoms with Gasteiger partial charge < -0.3 is 10.3 Å². The molecule has 0 radical (unpaired) electrons. The summed E-state index contributed by atoms with van der Waals surface area (Å²) in [5, 5.41) is 5.06. The van der Waals surface area contributed by atoms with E-state index < -0.39 is 0 Å². The zero-order valence-corrected chi connectivity index (χ0v) is 15.8. The average molecular weight is 383 g/mol. The number of para-hydroxylation sites is 3. The Morgan fingerprint density at radius 1 is 0.964 bits per heavy atom. The van der Waals surface area contributed by atoms with E-state index in [0.29, 0.717) is 6.42 Å². The first-order chi connectivity index (χ1) is 13.8. The van der Waals surface area contributed by atoms with Gasteiger partial charge in [-0.2, -0.15) is 0 Å². The lowest BCUT2D eigenvalue weighted by molar-refractivity contribution is -0.115. The maximum Gasteiger partial charge on any atom is 0.228 e. The lowest BCUT2D eigenvalue weighted by Crippen LogP contribution is -2.14. The van der Waals surface area contributed by atoms with E-state index in [0.717, 1.165) is 42.9 Å². The second-order valence-corrected chi connectivity index (χ2v) is 7.65. The summed E-state index contributed by atoms with van der Waals surface area (Å²) in [4.78, 5) is 20.7. The third-order valence-corrected chi connectivity index (χ3v) is 5.82. The number of benzene rings is 3. The number of rotatable bonds is 4. The lowest BCUT2D eigenvalue weighted by Gasteiger charge is -2.09. The molecule has 3 aromatic carbocycles. The molecule has 4 nitrogen and oxygen atoms in total. The van der Waals surface area contributed by atoms with Gasteiger partial charge in [0.15, 0.2) is 0 Å². The Labute approximate surface area is 165 Å². The molecule has 136 valence electrons. The van der Waals surface area contributed by atoms with E-state index in [1.54, 1.807) is 11.3 Å². The third kappa shape index (κ3) is 3.06. The van der Waals surface area contributed by atoms with Gasteiger partial charge in [0.2, 0.25) is 5.91 Å². The van der Waals surface area contributed by atoms with E-state index in [1.807, 2.05) is 72.9 Å². The second kappa shape index (κ2) is 6.94. The van der Waals surface area contributed by atoms with Gasteiger partial charge >= 0.3 is 0 Å². The van der Waals surface area contributed by atoms with E-state index in [4.69, 9.17) is 4.98 Å². The van der Waals surface area contributed by atoms with Crippen LogP contribution in [0.5, 0.6) is 0 Å². The normalized spacial score (nSPS) is 11.1. The standard InChI is InChI=1S/C23H17N3OS/c27-22(13-15-14-24-18-9-3-1-7-16(15)18)25-19-10-4-2-8-17(19)23-26-20-11-5-6-12-21(20)28-23/h1-12,14,24H,13H2,(H,25,27). The number of fused-ring (bicyclic) bond motifs is 2. The molecule has 0 saturated carbocycles. The van der Waals surface area contributed by atoms with Crippen LogP contribution in [0.15, 0.2) is 79.0 Å². The molecule has 0 aliphatic rings. The zero-order chi connectivity index (χ0) is 18.9. The number of aromatic amines is 1. The summed E-state index contributed by atoms with van der Waals surface area (Å²) in [7, 11) is 0. The number of amides is 1. The summed E-state index contributed by atoms with van der Waals surface area (Å²) in [6.45, 7) is 0. The SMILES string of the molecule is O=C(Cc1c[nH]c2ccccc12)Nc1ccccc1-c1nc2ccccc2s1. The molecule has 5 rings (SSSR count). The number of hydrogen-bond acceptors (Lipinski definition) is 3. The summed E-state index contributed by atoms with van der Waals surface area (Å²) >= 11 is 1.63. The van der Waals surface area contributed by atoms with Crippen LogP contribution in [-0.4, -0.2) is 15.9 Å². The summed E-state index contributed by atoms with van der Waals surface area (Å²) in [6.07, 6.45) is 2.22. The maximum atomic E-state index is 12.7. The number of carbonyl (C=O) groups excluding carboxylic acids is 1. The number of H-pyrrole nitrogens is 1. The van der Waals surface area contributed by atoms with Crippen molar-refractivity contribution in [2.75, 3.05) is 5.32 Å². The highest BCUT2D eigenvalue weighted by Gasteiger charge is 2.14. The van der Waals surface area contributed by atoms with Crippen LogP contribution >= 0.6 is 11.3 Å². The highest BCUT2D eigenvalue weighted by Crippen LogP contribution is 2.34. The molecule has 0 saturated heterocycles. The second-order valence-electron chi connectivity index (χ2n) is 6.62. The molecule has 5 heteroatoms. The van der Waals surface area contributed by atoms with Gasteiger partial charge in [0.1, 0.15) is 5.01 Å². The van der Waals surface area contributed by atoms with E-state index in [1.165, 1.54) is 0 Å². The van der Waals surface area contributed by atoms with Crippen LogP contribution in [0.3, 0.4) is 0 Å². The zero-order valence-electron chi connectivity index (χ0n) is 15.0. The fraction of sp³-hybridized carbons (Fsp3) is 0.0435. The fourth-order valence-corrected chi connectivity index (χ4v) is 4.42. The van der Waals surface area contributed by atoms with Gasteiger partial charge in [-0.25, -0.2) is 4.98 Å². The molecule has 0 fully saturated rings. The molecule has 2 heterocycles. The number of thiazole rings is 1. The fourth-order valence-electron chi connectivity index (χ4n) is 3.41. The van der Waals surface area contributed by atoms with Gasteiger partial charge in [0, 0.05) is 22.7 Å². The quantitative estimate of drug-likeness (QED) is 0.423. The molecule has 1 amide bonds. The first-order valence-corrected chi connectivity index (χ1v) is 9.89. The minimum atomic E-state index is -0.0432.